The molecule has 0 spiro atoms. The summed E-state index contributed by atoms with van der Waals surface area (Å²) in [6.45, 7) is 7.46. The summed E-state index contributed by atoms with van der Waals surface area (Å²) < 4.78 is 0. The van der Waals surface area contributed by atoms with Gasteiger partial charge in [0.15, 0.2) is 0 Å². The number of nitrogens with one attached hydrogen (secondary N) is 2. The third-order valence-electron chi connectivity index (χ3n) is 4.04. The minimum atomic E-state index is -0.256. The number of urea groups is 1. The topological polar surface area (TPSA) is 73.4 Å². The molecule has 0 unspecified atom stereocenters. The van der Waals surface area contributed by atoms with E-state index in [0.29, 0.717) is 5.82 Å². The van der Waals surface area contributed by atoms with Gasteiger partial charge in [-0.1, -0.05) is 18.2 Å². The molecule has 7 heteroatoms. The summed E-state index contributed by atoms with van der Waals surface area (Å²) in [5.74, 6) is 1.34. The van der Waals surface area contributed by atoms with Gasteiger partial charge in [0.2, 0.25) is 0 Å². The van der Waals surface area contributed by atoms with Crippen molar-refractivity contribution in [3.63, 3.8) is 0 Å². The third kappa shape index (κ3) is 4.59. The average Bonchev–Trinajstić information content (AvgIpc) is 2.62. The van der Waals surface area contributed by atoms with Crippen molar-refractivity contribution in [2.75, 3.05) is 41.3 Å². The molecular weight excluding hydrogens is 316 g/mol. The Morgan fingerprint density at radius 1 is 1.04 bits per heavy atom. The lowest BCUT2D eigenvalue weighted by atomic mass is 10.2. The number of anilines is 3. The largest absolute Gasteiger partial charge is 0.368 e. The standard InChI is InChI=1S/C18H24N6O/c1-14(2)21-18(25)22-16-12-17(20-13-19-16)24-10-8-23(9-11-24)15-6-4-3-5-7-15/h3-7,12-14H,8-11H2,1-2H3,(H2,19,20,21,22,25). The Morgan fingerprint density at radius 3 is 2.40 bits per heavy atom. The Labute approximate surface area is 148 Å². The van der Waals surface area contributed by atoms with Crippen LogP contribution in [0.4, 0.5) is 22.1 Å². The summed E-state index contributed by atoms with van der Waals surface area (Å²) in [6, 6.07) is 12.1. The van der Waals surface area contributed by atoms with Crippen LogP contribution in [-0.2, 0) is 0 Å². The van der Waals surface area contributed by atoms with Crippen molar-refractivity contribution < 1.29 is 4.79 Å². The highest BCUT2D eigenvalue weighted by molar-refractivity contribution is 5.88. The molecular formula is C18H24N6O. The molecule has 1 saturated heterocycles. The van der Waals surface area contributed by atoms with E-state index in [1.165, 1.54) is 12.0 Å². The third-order valence-corrected chi connectivity index (χ3v) is 4.04. The molecule has 2 heterocycles. The van der Waals surface area contributed by atoms with Gasteiger partial charge in [0, 0.05) is 44.0 Å². The van der Waals surface area contributed by atoms with E-state index in [2.05, 4.69) is 54.7 Å². The normalized spacial score (nSPS) is 14.5. The van der Waals surface area contributed by atoms with Gasteiger partial charge in [-0.15, -0.1) is 0 Å². The number of carbonyl (C=O) groups is 1. The molecule has 0 atom stereocenters. The van der Waals surface area contributed by atoms with Crippen molar-refractivity contribution in [1.29, 1.82) is 0 Å². The molecule has 2 amide bonds. The van der Waals surface area contributed by atoms with Crippen molar-refractivity contribution >= 4 is 23.4 Å². The highest BCUT2D eigenvalue weighted by Gasteiger charge is 2.19. The summed E-state index contributed by atoms with van der Waals surface area (Å²) in [6.07, 6.45) is 1.49. The number of hydrogen-bond acceptors (Lipinski definition) is 5. The number of piperazine rings is 1. The van der Waals surface area contributed by atoms with Gasteiger partial charge in [-0.25, -0.2) is 14.8 Å². The smallest absolute Gasteiger partial charge is 0.320 e. The second-order valence-corrected chi connectivity index (χ2v) is 6.32. The number of carbonyl (C=O) groups excluding carboxylic acids is 1. The Kier molecular flexibility index (Phi) is 5.33. The summed E-state index contributed by atoms with van der Waals surface area (Å²) in [4.78, 5) is 24.9. The zero-order valence-electron chi connectivity index (χ0n) is 14.6. The number of rotatable bonds is 4. The van der Waals surface area contributed by atoms with Gasteiger partial charge in [-0.05, 0) is 26.0 Å². The monoisotopic (exact) mass is 340 g/mol. The molecule has 1 fully saturated rings. The molecule has 2 N–H and O–H groups in total. The van der Waals surface area contributed by atoms with E-state index in [1.54, 1.807) is 0 Å². The van der Waals surface area contributed by atoms with Gasteiger partial charge in [0.05, 0.1) is 0 Å². The van der Waals surface area contributed by atoms with E-state index in [-0.39, 0.29) is 12.1 Å². The Hall–Kier alpha value is -2.83. The first kappa shape index (κ1) is 17.0. The van der Waals surface area contributed by atoms with Crippen molar-refractivity contribution in [2.45, 2.75) is 19.9 Å². The van der Waals surface area contributed by atoms with Crippen LogP contribution < -0.4 is 20.4 Å². The van der Waals surface area contributed by atoms with Crippen LogP contribution in [0.15, 0.2) is 42.7 Å². The maximum atomic E-state index is 11.8. The number of nitrogens with zero attached hydrogens (tertiary/aromatic N) is 4. The molecule has 2 aromatic rings. The number of amides is 2. The Bertz CT molecular complexity index is 698. The van der Waals surface area contributed by atoms with Gasteiger partial charge < -0.3 is 15.1 Å². The van der Waals surface area contributed by atoms with Gasteiger partial charge >= 0.3 is 6.03 Å². The molecule has 3 rings (SSSR count). The van der Waals surface area contributed by atoms with Crippen LogP contribution in [0.1, 0.15) is 13.8 Å². The molecule has 1 aromatic carbocycles. The lowest BCUT2D eigenvalue weighted by molar-refractivity contribution is 0.250. The van der Waals surface area contributed by atoms with Crippen LogP contribution in [0.2, 0.25) is 0 Å². The maximum absolute atomic E-state index is 11.8. The van der Waals surface area contributed by atoms with E-state index < -0.39 is 0 Å². The maximum Gasteiger partial charge on any atom is 0.320 e. The van der Waals surface area contributed by atoms with Crippen molar-refractivity contribution in [1.82, 2.24) is 15.3 Å². The zero-order valence-corrected chi connectivity index (χ0v) is 14.6. The molecule has 132 valence electrons. The average molecular weight is 340 g/mol. The fraction of sp³-hybridized carbons (Fsp3) is 0.389. The summed E-state index contributed by atoms with van der Waals surface area (Å²) in [7, 11) is 0. The fourth-order valence-electron chi connectivity index (χ4n) is 2.84. The van der Waals surface area contributed by atoms with Crippen LogP contribution in [-0.4, -0.2) is 48.2 Å². The van der Waals surface area contributed by atoms with Gasteiger partial charge in [0.1, 0.15) is 18.0 Å². The predicted molar refractivity (Wildman–Crippen MR) is 100 cm³/mol. The predicted octanol–water partition coefficient (Wildman–Crippen LogP) is 2.33. The molecule has 0 bridgehead atoms. The van der Waals surface area contributed by atoms with Crippen molar-refractivity contribution in [3.05, 3.63) is 42.7 Å². The van der Waals surface area contributed by atoms with E-state index in [0.717, 1.165) is 32.0 Å². The number of aromatic nitrogens is 2. The molecule has 1 aromatic heterocycles. The van der Waals surface area contributed by atoms with Gasteiger partial charge in [0.25, 0.3) is 0 Å². The highest BCUT2D eigenvalue weighted by Crippen LogP contribution is 2.20. The van der Waals surface area contributed by atoms with Crippen LogP contribution in [0.25, 0.3) is 0 Å². The second-order valence-electron chi connectivity index (χ2n) is 6.32. The molecule has 0 aliphatic carbocycles. The summed E-state index contributed by atoms with van der Waals surface area (Å²) >= 11 is 0. The Balaban J connectivity index is 1.60. The quantitative estimate of drug-likeness (QED) is 0.894. The number of para-hydroxylation sites is 1. The zero-order chi connectivity index (χ0) is 17.6. The molecule has 1 aliphatic heterocycles. The second kappa shape index (κ2) is 7.83. The van der Waals surface area contributed by atoms with Crippen LogP contribution >= 0.6 is 0 Å². The number of benzene rings is 1. The van der Waals surface area contributed by atoms with Crippen molar-refractivity contribution in [3.8, 4) is 0 Å². The van der Waals surface area contributed by atoms with Crippen LogP contribution in [0, 0.1) is 0 Å². The first-order valence-corrected chi connectivity index (χ1v) is 8.56. The van der Waals surface area contributed by atoms with Crippen LogP contribution in [0.3, 0.4) is 0 Å². The molecule has 25 heavy (non-hydrogen) atoms. The highest BCUT2D eigenvalue weighted by atomic mass is 16.2. The fourth-order valence-corrected chi connectivity index (χ4v) is 2.84. The summed E-state index contributed by atoms with van der Waals surface area (Å²) in [5, 5.41) is 5.53. The van der Waals surface area contributed by atoms with E-state index in [9.17, 15) is 4.79 Å². The molecule has 0 radical (unpaired) electrons. The van der Waals surface area contributed by atoms with E-state index >= 15 is 0 Å². The lowest BCUT2D eigenvalue weighted by Gasteiger charge is -2.36. The lowest BCUT2D eigenvalue weighted by Crippen LogP contribution is -2.46. The first-order chi connectivity index (χ1) is 12.1. The SMILES string of the molecule is CC(C)NC(=O)Nc1cc(N2CCN(c3ccccc3)CC2)ncn1. The summed E-state index contributed by atoms with van der Waals surface area (Å²) in [5.41, 5.74) is 1.25. The van der Waals surface area contributed by atoms with Crippen LogP contribution in [0.5, 0.6) is 0 Å². The Morgan fingerprint density at radius 2 is 1.72 bits per heavy atom. The van der Waals surface area contributed by atoms with Gasteiger partial charge in [-0.3, -0.25) is 5.32 Å². The minimum Gasteiger partial charge on any atom is -0.368 e. The van der Waals surface area contributed by atoms with E-state index in [1.807, 2.05) is 26.0 Å². The first-order valence-electron chi connectivity index (χ1n) is 8.56. The molecule has 7 nitrogen and oxygen atoms in total. The van der Waals surface area contributed by atoms with Crippen molar-refractivity contribution in [2.24, 2.45) is 0 Å². The molecule has 0 saturated carbocycles. The molecule has 1 aliphatic rings. The minimum absolute atomic E-state index is 0.0763. The number of hydrogen-bond donors (Lipinski definition) is 2. The van der Waals surface area contributed by atoms with E-state index in [4.69, 9.17) is 0 Å². The van der Waals surface area contributed by atoms with Gasteiger partial charge in [-0.2, -0.15) is 0 Å².